The molecule has 1 aromatic carbocycles. The second-order valence-electron chi connectivity index (χ2n) is 4.18. The Hall–Kier alpha value is -2.33. The van der Waals surface area contributed by atoms with E-state index in [0.29, 0.717) is 21.8 Å². The monoisotopic (exact) mass is 271 g/mol. The number of pyridine rings is 1. The molecule has 0 spiro atoms. The van der Waals surface area contributed by atoms with Crippen molar-refractivity contribution in [2.75, 3.05) is 5.73 Å². The van der Waals surface area contributed by atoms with Crippen molar-refractivity contribution in [1.29, 1.82) is 0 Å². The SMILES string of the molecule is Nc1ccc(Cl)cc1C(=O)c1c[nH]c2ccncc12. The summed E-state index contributed by atoms with van der Waals surface area (Å²) in [6.07, 6.45) is 4.98. The lowest BCUT2D eigenvalue weighted by Crippen LogP contribution is -2.04. The number of nitrogen functional groups attached to an aromatic ring is 1. The number of carbonyl (C=O) groups excluding carboxylic acids is 1. The van der Waals surface area contributed by atoms with E-state index in [1.165, 1.54) is 0 Å². The second kappa shape index (κ2) is 4.40. The van der Waals surface area contributed by atoms with E-state index in [2.05, 4.69) is 9.97 Å². The Kier molecular flexibility index (Phi) is 2.72. The molecule has 0 aliphatic heterocycles. The standard InChI is InChI=1S/C14H10ClN3O/c15-8-1-2-12(16)9(5-8)14(19)11-7-18-13-3-4-17-6-10(11)13/h1-7,18H,16H2. The van der Waals surface area contributed by atoms with Crippen LogP contribution in [0.5, 0.6) is 0 Å². The maximum Gasteiger partial charge on any atom is 0.197 e. The number of nitrogens with zero attached hydrogens (tertiary/aromatic N) is 1. The summed E-state index contributed by atoms with van der Waals surface area (Å²) >= 11 is 5.91. The highest BCUT2D eigenvalue weighted by Crippen LogP contribution is 2.24. The molecule has 0 saturated heterocycles. The Labute approximate surface area is 114 Å². The summed E-state index contributed by atoms with van der Waals surface area (Å²) in [6, 6.07) is 6.68. The van der Waals surface area contributed by atoms with Crippen molar-refractivity contribution in [3.05, 3.63) is 59.0 Å². The number of nitrogens with one attached hydrogen (secondary N) is 1. The van der Waals surface area contributed by atoms with Crippen LogP contribution < -0.4 is 5.73 Å². The molecule has 0 saturated carbocycles. The number of ketones is 1. The van der Waals surface area contributed by atoms with Crippen molar-refractivity contribution in [3.8, 4) is 0 Å². The van der Waals surface area contributed by atoms with E-state index >= 15 is 0 Å². The van der Waals surface area contributed by atoms with Crippen LogP contribution in [-0.2, 0) is 0 Å². The Morgan fingerprint density at radius 2 is 2.11 bits per heavy atom. The summed E-state index contributed by atoms with van der Waals surface area (Å²) in [5.41, 5.74) is 8.04. The third kappa shape index (κ3) is 1.96. The Bertz CT molecular complexity index is 779. The molecular weight excluding hydrogens is 262 g/mol. The van der Waals surface area contributed by atoms with Gasteiger partial charge in [-0.15, -0.1) is 0 Å². The van der Waals surface area contributed by atoms with Gasteiger partial charge in [0.1, 0.15) is 0 Å². The Morgan fingerprint density at radius 3 is 2.95 bits per heavy atom. The minimum atomic E-state index is -0.167. The molecule has 2 heterocycles. The molecule has 0 bridgehead atoms. The number of anilines is 1. The van der Waals surface area contributed by atoms with Crippen molar-refractivity contribution in [1.82, 2.24) is 9.97 Å². The third-order valence-corrected chi connectivity index (χ3v) is 3.22. The van der Waals surface area contributed by atoms with Crippen LogP contribution in [0, 0.1) is 0 Å². The number of hydrogen-bond donors (Lipinski definition) is 2. The number of aromatic amines is 1. The summed E-state index contributed by atoms with van der Waals surface area (Å²) in [5, 5.41) is 1.25. The quantitative estimate of drug-likeness (QED) is 0.556. The van der Waals surface area contributed by atoms with E-state index in [1.54, 1.807) is 36.8 Å². The van der Waals surface area contributed by atoms with Gasteiger partial charge in [-0.25, -0.2) is 0 Å². The first-order chi connectivity index (χ1) is 9.16. The first-order valence-corrected chi connectivity index (χ1v) is 6.05. The first-order valence-electron chi connectivity index (χ1n) is 5.67. The van der Waals surface area contributed by atoms with Crippen LogP contribution in [0.15, 0.2) is 42.9 Å². The minimum Gasteiger partial charge on any atom is -0.398 e. The average Bonchev–Trinajstić information content (AvgIpc) is 2.84. The highest BCUT2D eigenvalue weighted by Gasteiger charge is 2.16. The molecular formula is C14H10ClN3O. The third-order valence-electron chi connectivity index (χ3n) is 2.99. The number of benzene rings is 1. The fraction of sp³-hybridized carbons (Fsp3) is 0. The van der Waals surface area contributed by atoms with E-state index in [-0.39, 0.29) is 5.78 Å². The molecule has 3 N–H and O–H groups in total. The molecule has 19 heavy (non-hydrogen) atoms. The molecule has 0 aliphatic rings. The van der Waals surface area contributed by atoms with Crippen molar-refractivity contribution in [2.45, 2.75) is 0 Å². The summed E-state index contributed by atoms with van der Waals surface area (Å²) in [7, 11) is 0. The van der Waals surface area contributed by atoms with Gasteiger partial charge < -0.3 is 10.7 Å². The minimum absolute atomic E-state index is 0.167. The van der Waals surface area contributed by atoms with Crippen molar-refractivity contribution in [2.24, 2.45) is 0 Å². The predicted molar refractivity (Wildman–Crippen MR) is 75.4 cm³/mol. The smallest absolute Gasteiger partial charge is 0.197 e. The molecule has 94 valence electrons. The molecule has 4 nitrogen and oxygen atoms in total. The van der Waals surface area contributed by atoms with Crippen molar-refractivity contribution >= 4 is 34.0 Å². The average molecular weight is 272 g/mol. The number of H-pyrrole nitrogens is 1. The van der Waals surface area contributed by atoms with E-state index in [4.69, 9.17) is 17.3 Å². The van der Waals surface area contributed by atoms with Gasteiger partial charge in [0.25, 0.3) is 0 Å². The maximum absolute atomic E-state index is 12.5. The van der Waals surface area contributed by atoms with Crippen molar-refractivity contribution < 1.29 is 4.79 Å². The molecule has 0 aliphatic carbocycles. The summed E-state index contributed by atoms with van der Waals surface area (Å²) in [6.45, 7) is 0. The van der Waals surface area contributed by atoms with Gasteiger partial charge in [0.05, 0.1) is 0 Å². The predicted octanol–water partition coefficient (Wildman–Crippen LogP) is 3.03. The maximum atomic E-state index is 12.5. The fourth-order valence-electron chi connectivity index (χ4n) is 2.02. The first kappa shape index (κ1) is 11.7. The van der Waals surface area contributed by atoms with Crippen LogP contribution in [0.2, 0.25) is 5.02 Å². The number of aromatic nitrogens is 2. The highest BCUT2D eigenvalue weighted by atomic mass is 35.5. The van der Waals surface area contributed by atoms with Gasteiger partial charge >= 0.3 is 0 Å². The second-order valence-corrected chi connectivity index (χ2v) is 4.62. The summed E-state index contributed by atoms with van der Waals surface area (Å²) in [5.74, 6) is -0.167. The lowest BCUT2D eigenvalue weighted by Gasteiger charge is -2.04. The number of carbonyl (C=O) groups is 1. The van der Waals surface area contributed by atoms with Gasteiger partial charge in [-0.2, -0.15) is 0 Å². The lowest BCUT2D eigenvalue weighted by molar-refractivity contribution is 0.104. The van der Waals surface area contributed by atoms with Gasteiger partial charge in [-0.1, -0.05) is 11.6 Å². The van der Waals surface area contributed by atoms with Gasteiger partial charge in [0.2, 0.25) is 0 Å². The molecule has 0 fully saturated rings. The molecule has 2 aromatic heterocycles. The van der Waals surface area contributed by atoms with E-state index in [1.807, 2.05) is 6.07 Å². The Balaban J connectivity index is 2.16. The molecule has 0 amide bonds. The zero-order chi connectivity index (χ0) is 13.4. The van der Waals surface area contributed by atoms with Gasteiger partial charge in [-0.3, -0.25) is 9.78 Å². The summed E-state index contributed by atoms with van der Waals surface area (Å²) in [4.78, 5) is 19.6. The molecule has 3 rings (SSSR count). The van der Waals surface area contributed by atoms with E-state index in [0.717, 1.165) is 10.9 Å². The number of nitrogens with two attached hydrogens (primary N) is 1. The number of fused-ring (bicyclic) bond motifs is 1. The van der Waals surface area contributed by atoms with Crippen LogP contribution in [0.25, 0.3) is 10.9 Å². The fourth-order valence-corrected chi connectivity index (χ4v) is 2.19. The Morgan fingerprint density at radius 1 is 1.26 bits per heavy atom. The van der Waals surface area contributed by atoms with Crippen LogP contribution in [0.1, 0.15) is 15.9 Å². The lowest BCUT2D eigenvalue weighted by atomic mass is 10.0. The van der Waals surface area contributed by atoms with Gasteiger partial charge in [0, 0.05) is 51.3 Å². The largest absolute Gasteiger partial charge is 0.398 e. The number of rotatable bonds is 2. The van der Waals surface area contributed by atoms with Crippen LogP contribution in [0.3, 0.4) is 0 Å². The molecule has 5 heteroatoms. The topological polar surface area (TPSA) is 71.8 Å². The van der Waals surface area contributed by atoms with E-state index < -0.39 is 0 Å². The molecule has 0 unspecified atom stereocenters. The zero-order valence-corrected chi connectivity index (χ0v) is 10.6. The number of hydrogen-bond acceptors (Lipinski definition) is 3. The van der Waals surface area contributed by atoms with Gasteiger partial charge in [0.15, 0.2) is 5.78 Å². The summed E-state index contributed by atoms with van der Waals surface area (Å²) < 4.78 is 0. The molecule has 0 atom stereocenters. The van der Waals surface area contributed by atoms with E-state index in [9.17, 15) is 4.79 Å². The van der Waals surface area contributed by atoms with Crippen LogP contribution in [0.4, 0.5) is 5.69 Å². The highest BCUT2D eigenvalue weighted by molar-refractivity contribution is 6.31. The number of halogens is 1. The normalized spacial score (nSPS) is 10.8. The molecule has 3 aromatic rings. The zero-order valence-electron chi connectivity index (χ0n) is 9.85. The molecule has 0 radical (unpaired) electrons. The van der Waals surface area contributed by atoms with Crippen LogP contribution >= 0.6 is 11.6 Å². The van der Waals surface area contributed by atoms with Crippen LogP contribution in [-0.4, -0.2) is 15.8 Å². The van der Waals surface area contributed by atoms with Crippen molar-refractivity contribution in [3.63, 3.8) is 0 Å². The van der Waals surface area contributed by atoms with Gasteiger partial charge in [-0.05, 0) is 24.3 Å².